The summed E-state index contributed by atoms with van der Waals surface area (Å²) in [6, 6.07) is 45.0. The van der Waals surface area contributed by atoms with Crippen LogP contribution >= 0.6 is 0 Å². The molecule has 1 atom stereocenters. The van der Waals surface area contributed by atoms with Crippen LogP contribution in [0.4, 0.5) is 0 Å². The summed E-state index contributed by atoms with van der Waals surface area (Å²) >= 11 is 0. The maximum absolute atomic E-state index is 6.62. The Bertz CT molecular complexity index is 2660. The molecule has 10 rings (SSSR count). The molecule has 0 amide bonds. The van der Waals surface area contributed by atoms with Crippen LogP contribution < -0.4 is 15.7 Å². The van der Waals surface area contributed by atoms with Gasteiger partial charge in [0, 0.05) is 39.0 Å². The van der Waals surface area contributed by atoms with Gasteiger partial charge < -0.3 is 9.30 Å². The fourth-order valence-corrected chi connectivity index (χ4v) is 9.02. The lowest BCUT2D eigenvalue weighted by Crippen LogP contribution is -2.37. The topological polar surface area (TPSA) is 14.2 Å². The number of hydrogen-bond acceptors (Lipinski definition) is 1. The molecule has 2 nitrogen and oxygen atoms in total. The molecular weight excluding hydrogens is 581 g/mol. The first kappa shape index (κ1) is 27.6. The monoisotopic (exact) mass is 615 g/mol. The predicted octanol–water partition coefficient (Wildman–Crippen LogP) is 10.2. The summed E-state index contributed by atoms with van der Waals surface area (Å²) < 4.78 is 9.19. The summed E-state index contributed by atoms with van der Waals surface area (Å²) in [6.45, 7) is 9.10. The zero-order valence-electron chi connectivity index (χ0n) is 27.7. The van der Waals surface area contributed by atoms with Crippen molar-refractivity contribution in [1.82, 2.24) is 4.57 Å². The van der Waals surface area contributed by atoms with Crippen molar-refractivity contribution < 1.29 is 4.74 Å². The zero-order valence-corrected chi connectivity index (χ0v) is 27.7. The van der Waals surface area contributed by atoms with E-state index in [0.29, 0.717) is 0 Å². The van der Waals surface area contributed by atoms with Gasteiger partial charge in [-0.15, -0.1) is 0 Å². The third kappa shape index (κ3) is 3.76. The van der Waals surface area contributed by atoms with Gasteiger partial charge in [0.1, 0.15) is 11.5 Å². The highest BCUT2D eigenvalue weighted by atomic mass is 16.5. The van der Waals surface area contributed by atoms with Crippen molar-refractivity contribution in [2.45, 2.75) is 33.6 Å². The molecule has 7 aromatic carbocycles. The van der Waals surface area contributed by atoms with Gasteiger partial charge in [-0.3, -0.25) is 0 Å². The molecule has 48 heavy (non-hydrogen) atoms. The Morgan fingerprint density at radius 3 is 2.19 bits per heavy atom. The smallest absolute Gasteiger partial charge is 0.198 e. The van der Waals surface area contributed by atoms with Crippen molar-refractivity contribution in [2.24, 2.45) is 0 Å². The van der Waals surface area contributed by atoms with Gasteiger partial charge in [0.15, 0.2) is 7.28 Å². The van der Waals surface area contributed by atoms with Crippen LogP contribution in [0.15, 0.2) is 121 Å². The number of hydrogen-bond donors (Lipinski definition) is 0. The number of benzene rings is 7. The van der Waals surface area contributed by atoms with E-state index >= 15 is 0 Å². The third-order valence-corrected chi connectivity index (χ3v) is 10.9. The molecule has 0 fully saturated rings. The molecule has 2 aliphatic rings. The molecule has 8 aromatic rings. The predicted molar refractivity (Wildman–Crippen MR) is 204 cm³/mol. The van der Waals surface area contributed by atoms with Gasteiger partial charge in [-0.2, -0.15) is 0 Å². The van der Waals surface area contributed by atoms with E-state index in [-0.39, 0.29) is 5.92 Å². The van der Waals surface area contributed by atoms with Crippen LogP contribution in [0.3, 0.4) is 0 Å². The van der Waals surface area contributed by atoms with Gasteiger partial charge >= 0.3 is 0 Å². The summed E-state index contributed by atoms with van der Waals surface area (Å²) in [5.74, 6) is 2.11. The van der Waals surface area contributed by atoms with Crippen LogP contribution in [0, 0.1) is 20.8 Å². The lowest BCUT2D eigenvalue weighted by Gasteiger charge is -2.30. The highest BCUT2D eigenvalue weighted by Crippen LogP contribution is 2.50. The van der Waals surface area contributed by atoms with Crippen molar-refractivity contribution in [3.63, 3.8) is 0 Å². The number of ether oxygens (including phenoxy) is 1. The molecule has 228 valence electrons. The normalized spacial score (nSPS) is 14.4. The van der Waals surface area contributed by atoms with E-state index in [9.17, 15) is 0 Å². The van der Waals surface area contributed by atoms with E-state index in [4.69, 9.17) is 4.74 Å². The Labute approximate surface area is 281 Å². The van der Waals surface area contributed by atoms with Gasteiger partial charge in [0.05, 0.1) is 5.52 Å². The Morgan fingerprint density at radius 2 is 1.35 bits per heavy atom. The number of nitrogens with zero attached hydrogens (tertiary/aromatic N) is 1. The second-order valence-electron chi connectivity index (χ2n) is 13.9. The van der Waals surface area contributed by atoms with Crippen LogP contribution in [0.1, 0.15) is 40.7 Å². The van der Waals surface area contributed by atoms with Gasteiger partial charge in [-0.1, -0.05) is 103 Å². The Balaban J connectivity index is 1.41. The Kier molecular flexibility index (Phi) is 5.73. The zero-order chi connectivity index (χ0) is 32.3. The average molecular weight is 616 g/mol. The van der Waals surface area contributed by atoms with Crippen molar-refractivity contribution in [3.8, 4) is 39.4 Å². The number of aryl methyl sites for hydroxylation is 3. The number of fused-ring (bicyclic) bond motifs is 8. The lowest BCUT2D eigenvalue weighted by molar-refractivity contribution is 0.450. The number of aromatic nitrogens is 1. The van der Waals surface area contributed by atoms with Crippen molar-refractivity contribution in [2.75, 3.05) is 0 Å². The van der Waals surface area contributed by atoms with Crippen LogP contribution in [0.25, 0.3) is 60.5 Å². The third-order valence-electron chi connectivity index (χ3n) is 10.9. The second-order valence-corrected chi connectivity index (χ2v) is 13.9. The molecule has 0 N–H and O–H groups in total. The molecule has 0 radical (unpaired) electrons. The van der Waals surface area contributed by atoms with Crippen LogP contribution in [-0.2, 0) is 0 Å². The molecule has 1 unspecified atom stereocenters. The van der Waals surface area contributed by atoms with Crippen molar-refractivity contribution >= 4 is 50.8 Å². The summed E-state index contributed by atoms with van der Waals surface area (Å²) in [5.41, 5.74) is 18.2. The van der Waals surface area contributed by atoms with E-state index in [1.807, 2.05) is 0 Å². The molecule has 0 saturated carbocycles. The lowest BCUT2D eigenvalue weighted by atomic mass is 9.58. The Morgan fingerprint density at radius 1 is 0.646 bits per heavy atom. The number of para-hydroxylation sites is 2. The molecule has 0 bridgehead atoms. The first-order valence-corrected chi connectivity index (χ1v) is 17.1. The first-order chi connectivity index (χ1) is 23.5. The summed E-state index contributed by atoms with van der Waals surface area (Å²) in [5, 5.41) is 5.19. The highest BCUT2D eigenvalue weighted by Gasteiger charge is 2.32. The van der Waals surface area contributed by atoms with Crippen LogP contribution in [0.2, 0.25) is 0 Å². The van der Waals surface area contributed by atoms with E-state index in [0.717, 1.165) is 18.8 Å². The fraction of sp³-hybridized carbons (Fsp3) is 0.111. The van der Waals surface area contributed by atoms with Crippen molar-refractivity contribution in [3.05, 3.63) is 149 Å². The highest BCUT2D eigenvalue weighted by molar-refractivity contribution is 6.73. The van der Waals surface area contributed by atoms with Gasteiger partial charge in [-0.05, 0) is 107 Å². The summed E-state index contributed by atoms with van der Waals surface area (Å²) in [4.78, 5) is 0. The molecule has 3 heteroatoms. The minimum atomic E-state index is 0.197. The van der Waals surface area contributed by atoms with Gasteiger partial charge in [-0.25, -0.2) is 0 Å². The molecule has 3 heterocycles. The molecule has 1 aromatic heterocycles. The standard InChI is InChI=1S/C45H34BNO/c1-25-20-26(2)41(27(3)21-25)35-24-33(32-15-11-19-40-42(32)28(4)31-14-7-10-18-39(31)48-40)44-45-43(35)34-22-29-12-5-6-13-30(29)23-38(34)47(45)37-17-9-8-16-36(37)46-44/h5-24,28,46H,1-4H3. The fourth-order valence-electron chi connectivity index (χ4n) is 9.02. The maximum Gasteiger partial charge on any atom is 0.198 e. The molecule has 2 aliphatic heterocycles. The van der Waals surface area contributed by atoms with E-state index in [1.54, 1.807) is 0 Å². The van der Waals surface area contributed by atoms with Gasteiger partial charge in [0.2, 0.25) is 0 Å². The quantitative estimate of drug-likeness (QED) is 0.177. The first-order valence-electron chi connectivity index (χ1n) is 17.1. The van der Waals surface area contributed by atoms with E-state index in [1.165, 1.54) is 99.3 Å². The van der Waals surface area contributed by atoms with Crippen molar-refractivity contribution in [1.29, 1.82) is 0 Å². The minimum Gasteiger partial charge on any atom is -0.457 e. The molecule has 0 spiro atoms. The Hall–Kier alpha value is -5.54. The largest absolute Gasteiger partial charge is 0.457 e. The number of rotatable bonds is 2. The molecular formula is C45H34BNO. The summed E-state index contributed by atoms with van der Waals surface area (Å²) in [6.07, 6.45) is 0. The van der Waals surface area contributed by atoms with Gasteiger partial charge in [0.25, 0.3) is 0 Å². The minimum absolute atomic E-state index is 0.197. The molecule has 0 aliphatic carbocycles. The maximum atomic E-state index is 6.62. The second kappa shape index (κ2) is 9.98. The summed E-state index contributed by atoms with van der Waals surface area (Å²) in [7, 11) is 0.874. The van der Waals surface area contributed by atoms with E-state index in [2.05, 4.69) is 154 Å². The van der Waals surface area contributed by atoms with E-state index < -0.39 is 0 Å². The average Bonchev–Trinajstić information content (AvgIpc) is 3.42. The SMILES string of the molecule is Cc1cc(C)c(-c2cc(-c3cccc4c3C(C)c3ccccc3O4)c3c4c2c2cc5ccccc5cc2n4-c2ccccc2B3)c(C)c1. The van der Waals surface area contributed by atoms with Crippen LogP contribution in [-0.4, -0.2) is 11.8 Å². The van der Waals surface area contributed by atoms with Crippen LogP contribution in [0.5, 0.6) is 11.5 Å². The molecule has 0 saturated heterocycles.